The summed E-state index contributed by atoms with van der Waals surface area (Å²) < 4.78 is 0. The molecule has 4 heteroatoms. The van der Waals surface area contributed by atoms with E-state index >= 15 is 0 Å². The van der Waals surface area contributed by atoms with Crippen LogP contribution in [-0.2, 0) is 9.59 Å². The van der Waals surface area contributed by atoms with Crippen molar-refractivity contribution < 1.29 is 9.59 Å². The van der Waals surface area contributed by atoms with Crippen molar-refractivity contribution in [2.24, 2.45) is 29.1 Å². The van der Waals surface area contributed by atoms with Crippen LogP contribution in [0.25, 0.3) is 0 Å². The summed E-state index contributed by atoms with van der Waals surface area (Å²) in [5.41, 5.74) is -0.300. The van der Waals surface area contributed by atoms with Crippen LogP contribution in [0.2, 0.25) is 0 Å². The average Bonchev–Trinajstić information content (AvgIpc) is 2.37. The van der Waals surface area contributed by atoms with Gasteiger partial charge in [-0.1, -0.05) is 41.5 Å². The normalized spacial score (nSPS) is 21.6. The molecule has 0 heterocycles. The van der Waals surface area contributed by atoms with E-state index in [4.69, 9.17) is 0 Å². The van der Waals surface area contributed by atoms with E-state index in [-0.39, 0.29) is 23.1 Å². The van der Waals surface area contributed by atoms with Gasteiger partial charge in [0.15, 0.2) is 0 Å². The van der Waals surface area contributed by atoms with Crippen molar-refractivity contribution in [3.05, 3.63) is 0 Å². The molecular formula is C18H34N2O2. The molecule has 1 aliphatic rings. The first-order valence-corrected chi connectivity index (χ1v) is 8.67. The summed E-state index contributed by atoms with van der Waals surface area (Å²) in [6.07, 6.45) is 3.18. The summed E-state index contributed by atoms with van der Waals surface area (Å²) >= 11 is 0. The number of carbonyl (C=O) groups excluding carboxylic acids is 2. The van der Waals surface area contributed by atoms with Gasteiger partial charge in [-0.15, -0.1) is 0 Å². The zero-order chi connectivity index (χ0) is 16.9. The third kappa shape index (κ3) is 5.98. The summed E-state index contributed by atoms with van der Waals surface area (Å²) in [7, 11) is 0. The van der Waals surface area contributed by atoms with Crippen LogP contribution in [-0.4, -0.2) is 24.9 Å². The fraction of sp³-hybridized carbons (Fsp3) is 0.889. The first kappa shape index (κ1) is 19.0. The highest BCUT2D eigenvalue weighted by atomic mass is 16.2. The Bertz CT molecular complexity index is 383. The highest BCUT2D eigenvalue weighted by Gasteiger charge is 2.37. The molecule has 1 rings (SSSR count). The largest absolute Gasteiger partial charge is 0.356 e. The Morgan fingerprint density at radius 2 is 1.64 bits per heavy atom. The van der Waals surface area contributed by atoms with Crippen LogP contribution in [0.15, 0.2) is 0 Å². The van der Waals surface area contributed by atoms with Crippen LogP contribution in [0.1, 0.15) is 60.8 Å². The second-order valence-corrected chi connectivity index (χ2v) is 8.30. The van der Waals surface area contributed by atoms with Gasteiger partial charge in [-0.2, -0.15) is 0 Å². The maximum absolute atomic E-state index is 12.2. The molecule has 1 aliphatic carbocycles. The maximum atomic E-state index is 12.2. The third-order valence-corrected chi connectivity index (χ3v) is 4.51. The van der Waals surface area contributed by atoms with E-state index in [1.54, 1.807) is 0 Å². The Morgan fingerprint density at radius 1 is 1.05 bits per heavy atom. The molecule has 0 unspecified atom stereocenters. The van der Waals surface area contributed by atoms with Crippen molar-refractivity contribution in [3.63, 3.8) is 0 Å². The van der Waals surface area contributed by atoms with Crippen LogP contribution < -0.4 is 10.6 Å². The van der Waals surface area contributed by atoms with Crippen molar-refractivity contribution in [2.75, 3.05) is 13.1 Å². The minimum absolute atomic E-state index is 0.0551. The summed E-state index contributed by atoms with van der Waals surface area (Å²) in [4.78, 5) is 23.8. The molecule has 2 N–H and O–H groups in total. The highest BCUT2D eigenvalue weighted by Crippen LogP contribution is 2.41. The number of hydrogen-bond donors (Lipinski definition) is 2. The number of hydrogen-bond acceptors (Lipinski definition) is 2. The molecule has 4 nitrogen and oxygen atoms in total. The van der Waals surface area contributed by atoms with Gasteiger partial charge in [0.25, 0.3) is 0 Å². The molecule has 1 fully saturated rings. The molecule has 0 spiro atoms. The first-order valence-electron chi connectivity index (χ1n) is 8.67. The van der Waals surface area contributed by atoms with Gasteiger partial charge >= 0.3 is 0 Å². The van der Waals surface area contributed by atoms with E-state index in [1.807, 2.05) is 27.7 Å². The van der Waals surface area contributed by atoms with Crippen LogP contribution in [0.4, 0.5) is 0 Å². The molecule has 0 saturated heterocycles. The predicted molar refractivity (Wildman–Crippen MR) is 90.3 cm³/mol. The van der Waals surface area contributed by atoms with Gasteiger partial charge in [0, 0.05) is 24.4 Å². The lowest BCUT2D eigenvalue weighted by atomic mass is 9.67. The monoisotopic (exact) mass is 310 g/mol. The van der Waals surface area contributed by atoms with Crippen molar-refractivity contribution in [1.82, 2.24) is 10.6 Å². The molecule has 0 aliphatic heterocycles. The smallest absolute Gasteiger partial charge is 0.225 e. The molecule has 22 heavy (non-hydrogen) atoms. The average molecular weight is 310 g/mol. The molecule has 1 saturated carbocycles. The number of carbonyl (C=O) groups is 2. The minimum atomic E-state index is -0.300. The summed E-state index contributed by atoms with van der Waals surface area (Å²) in [6, 6.07) is 0. The molecule has 0 atom stereocenters. The van der Waals surface area contributed by atoms with Crippen LogP contribution in [0.3, 0.4) is 0 Å². The van der Waals surface area contributed by atoms with Crippen molar-refractivity contribution in [1.29, 1.82) is 0 Å². The Labute approximate surface area is 135 Å². The van der Waals surface area contributed by atoms with Gasteiger partial charge in [0.1, 0.15) is 0 Å². The van der Waals surface area contributed by atoms with Crippen molar-refractivity contribution >= 4 is 11.8 Å². The molecular weight excluding hydrogens is 276 g/mol. The molecule has 0 aromatic heterocycles. The van der Waals surface area contributed by atoms with E-state index in [9.17, 15) is 9.59 Å². The standard InChI is InChI=1S/C18H34N2O2/c1-12(2)10-20-17(22)18(5,6)9-14-7-15(8-14)11-19-16(21)13(3)4/h12-15H,7-11H2,1-6H3,(H,19,21)(H,20,22). The maximum Gasteiger partial charge on any atom is 0.225 e. The van der Waals surface area contributed by atoms with E-state index in [2.05, 4.69) is 24.5 Å². The van der Waals surface area contributed by atoms with E-state index in [1.165, 1.54) is 0 Å². The van der Waals surface area contributed by atoms with Crippen molar-refractivity contribution in [3.8, 4) is 0 Å². The number of nitrogens with one attached hydrogen (secondary N) is 2. The molecule has 0 bridgehead atoms. The van der Waals surface area contributed by atoms with Crippen LogP contribution in [0, 0.1) is 29.1 Å². The SMILES string of the molecule is CC(C)CNC(=O)C(C)(C)CC1CC(CNC(=O)C(C)C)C1. The second-order valence-electron chi connectivity index (χ2n) is 8.30. The van der Waals surface area contributed by atoms with Gasteiger partial charge in [0.2, 0.25) is 11.8 Å². The summed E-state index contributed by atoms with van der Waals surface area (Å²) in [6.45, 7) is 13.6. The molecule has 2 amide bonds. The fourth-order valence-corrected chi connectivity index (χ4v) is 3.01. The zero-order valence-corrected chi connectivity index (χ0v) is 15.2. The minimum Gasteiger partial charge on any atom is -0.356 e. The van der Waals surface area contributed by atoms with Gasteiger partial charge < -0.3 is 10.6 Å². The van der Waals surface area contributed by atoms with E-state index in [0.717, 1.165) is 32.4 Å². The second kappa shape index (κ2) is 7.98. The number of amides is 2. The third-order valence-electron chi connectivity index (χ3n) is 4.51. The van der Waals surface area contributed by atoms with Crippen molar-refractivity contribution in [2.45, 2.75) is 60.8 Å². The lowest BCUT2D eigenvalue weighted by Gasteiger charge is -2.39. The highest BCUT2D eigenvalue weighted by molar-refractivity contribution is 5.81. The topological polar surface area (TPSA) is 58.2 Å². The fourth-order valence-electron chi connectivity index (χ4n) is 3.01. The van der Waals surface area contributed by atoms with Crippen LogP contribution >= 0.6 is 0 Å². The molecule has 0 radical (unpaired) electrons. The van der Waals surface area contributed by atoms with E-state index < -0.39 is 0 Å². The molecule has 0 aromatic carbocycles. The predicted octanol–water partition coefficient (Wildman–Crippen LogP) is 2.97. The Kier molecular flexibility index (Phi) is 6.89. The molecule has 128 valence electrons. The van der Waals surface area contributed by atoms with E-state index in [0.29, 0.717) is 17.8 Å². The lowest BCUT2D eigenvalue weighted by molar-refractivity contribution is -0.131. The summed E-state index contributed by atoms with van der Waals surface area (Å²) in [5.74, 6) is 2.04. The first-order chi connectivity index (χ1) is 10.1. The number of rotatable bonds is 8. The van der Waals surface area contributed by atoms with Gasteiger partial charge in [-0.05, 0) is 37.0 Å². The quantitative estimate of drug-likeness (QED) is 0.724. The summed E-state index contributed by atoms with van der Waals surface area (Å²) in [5, 5.41) is 6.05. The van der Waals surface area contributed by atoms with Crippen LogP contribution in [0.5, 0.6) is 0 Å². The van der Waals surface area contributed by atoms with Gasteiger partial charge in [0.05, 0.1) is 0 Å². The Morgan fingerprint density at radius 3 is 2.14 bits per heavy atom. The Hall–Kier alpha value is -1.06. The lowest BCUT2D eigenvalue weighted by Crippen LogP contribution is -2.43. The molecule has 0 aromatic rings. The zero-order valence-electron chi connectivity index (χ0n) is 15.2. The van der Waals surface area contributed by atoms with Gasteiger partial charge in [-0.25, -0.2) is 0 Å². The Balaban J connectivity index is 2.26. The van der Waals surface area contributed by atoms with Gasteiger partial charge in [-0.3, -0.25) is 9.59 Å².